The average molecular weight is 252 g/mol. The monoisotopic (exact) mass is 252 g/mol. The minimum absolute atomic E-state index is 0.0464. The van der Waals surface area contributed by atoms with Crippen LogP contribution in [0.25, 0.3) is 0 Å². The molecule has 1 aromatic carbocycles. The Hall–Kier alpha value is -1.62. The van der Waals surface area contributed by atoms with E-state index in [0.717, 1.165) is 12.5 Å². The molecular formula is C13H17FN2O2. The molecule has 1 aromatic rings. The molecule has 0 aliphatic carbocycles. The first-order valence-corrected chi connectivity index (χ1v) is 6.07. The quantitative estimate of drug-likeness (QED) is 0.763. The van der Waals surface area contributed by atoms with E-state index in [9.17, 15) is 14.3 Å². The highest BCUT2D eigenvalue weighted by Crippen LogP contribution is 2.25. The third kappa shape index (κ3) is 2.98. The summed E-state index contributed by atoms with van der Waals surface area (Å²) in [7, 11) is 0. The van der Waals surface area contributed by atoms with Crippen LogP contribution in [-0.4, -0.2) is 23.6 Å². The maximum atomic E-state index is 12.9. The zero-order valence-corrected chi connectivity index (χ0v) is 10.2. The van der Waals surface area contributed by atoms with Gasteiger partial charge in [0.2, 0.25) is 5.91 Å². The van der Waals surface area contributed by atoms with Gasteiger partial charge in [-0.2, -0.15) is 0 Å². The second-order valence-electron chi connectivity index (χ2n) is 4.63. The lowest BCUT2D eigenvalue weighted by molar-refractivity contribution is -0.122. The van der Waals surface area contributed by atoms with Gasteiger partial charge in [0.25, 0.3) is 0 Å². The summed E-state index contributed by atoms with van der Waals surface area (Å²) in [6.07, 6.45) is 1.29. The number of piperidine rings is 1. The molecule has 0 bridgehead atoms. The van der Waals surface area contributed by atoms with E-state index in [1.165, 1.54) is 6.07 Å². The van der Waals surface area contributed by atoms with Crippen molar-refractivity contribution < 1.29 is 14.3 Å². The summed E-state index contributed by atoms with van der Waals surface area (Å²) in [6.45, 7) is 2.49. The summed E-state index contributed by atoms with van der Waals surface area (Å²) in [5.41, 5.74) is 0.660. The van der Waals surface area contributed by atoms with Gasteiger partial charge in [0.15, 0.2) is 0 Å². The molecule has 0 aromatic heterocycles. The van der Waals surface area contributed by atoms with E-state index in [0.29, 0.717) is 18.5 Å². The zero-order valence-electron chi connectivity index (χ0n) is 10.2. The van der Waals surface area contributed by atoms with E-state index >= 15 is 0 Å². The molecular weight excluding hydrogens is 235 g/mol. The van der Waals surface area contributed by atoms with E-state index in [1.807, 2.05) is 6.92 Å². The summed E-state index contributed by atoms with van der Waals surface area (Å²) in [5.74, 6) is -0.423. The molecule has 0 spiro atoms. The minimum atomic E-state index is -0.451. The summed E-state index contributed by atoms with van der Waals surface area (Å²) in [4.78, 5) is 11.0. The smallest absolute Gasteiger partial charge is 0.220 e. The Morgan fingerprint density at radius 1 is 1.56 bits per heavy atom. The number of nitrogens with one attached hydrogen (secondary N) is 2. The van der Waals surface area contributed by atoms with E-state index in [-0.39, 0.29) is 23.7 Å². The van der Waals surface area contributed by atoms with E-state index in [2.05, 4.69) is 10.6 Å². The van der Waals surface area contributed by atoms with Crippen molar-refractivity contribution in [1.29, 1.82) is 0 Å². The molecule has 1 aliphatic heterocycles. The number of halogens is 1. The van der Waals surface area contributed by atoms with Crippen LogP contribution in [0.3, 0.4) is 0 Å². The van der Waals surface area contributed by atoms with Crippen molar-refractivity contribution in [3.05, 3.63) is 29.6 Å². The predicted molar refractivity (Wildman–Crippen MR) is 65.6 cm³/mol. The fourth-order valence-electron chi connectivity index (χ4n) is 2.20. The van der Waals surface area contributed by atoms with Crippen molar-refractivity contribution in [1.82, 2.24) is 10.6 Å². The molecule has 4 nitrogen and oxygen atoms in total. The number of rotatable bonds is 3. The van der Waals surface area contributed by atoms with Crippen LogP contribution in [0.15, 0.2) is 18.2 Å². The fraction of sp³-hybridized carbons (Fsp3) is 0.462. The van der Waals surface area contributed by atoms with Crippen LogP contribution < -0.4 is 10.6 Å². The number of carbonyl (C=O) groups excluding carboxylic acids is 1. The van der Waals surface area contributed by atoms with Gasteiger partial charge in [-0.25, -0.2) is 4.39 Å². The molecule has 1 aliphatic rings. The Kier molecular flexibility index (Phi) is 3.81. The molecule has 0 radical (unpaired) electrons. The fourth-order valence-corrected chi connectivity index (χ4v) is 2.20. The van der Waals surface area contributed by atoms with Gasteiger partial charge in [0, 0.05) is 36.7 Å². The number of phenols is 1. The Labute approximate surface area is 105 Å². The number of carbonyl (C=O) groups is 1. The normalized spacial score (nSPS) is 21.4. The topological polar surface area (TPSA) is 61.4 Å². The molecule has 2 atom stereocenters. The third-order valence-electron chi connectivity index (χ3n) is 3.21. The van der Waals surface area contributed by atoms with Crippen LogP contribution in [0.1, 0.15) is 31.4 Å². The lowest BCUT2D eigenvalue weighted by atomic mass is 10.0. The molecule has 5 heteroatoms. The molecule has 2 rings (SSSR count). The number of phenolic OH excluding ortho intramolecular Hbond substituents is 1. The van der Waals surface area contributed by atoms with Gasteiger partial charge in [0.1, 0.15) is 11.6 Å². The molecule has 1 amide bonds. The highest BCUT2D eigenvalue weighted by molar-refractivity contribution is 5.76. The van der Waals surface area contributed by atoms with Crippen LogP contribution in [-0.2, 0) is 4.79 Å². The highest BCUT2D eigenvalue weighted by atomic mass is 19.1. The van der Waals surface area contributed by atoms with Crippen molar-refractivity contribution in [2.24, 2.45) is 0 Å². The van der Waals surface area contributed by atoms with E-state index in [4.69, 9.17) is 0 Å². The average Bonchev–Trinajstić information content (AvgIpc) is 2.32. The minimum Gasteiger partial charge on any atom is -0.508 e. The van der Waals surface area contributed by atoms with Crippen molar-refractivity contribution >= 4 is 5.91 Å². The Bertz CT molecular complexity index is 441. The van der Waals surface area contributed by atoms with Gasteiger partial charge in [-0.15, -0.1) is 0 Å². The van der Waals surface area contributed by atoms with Gasteiger partial charge in [-0.1, -0.05) is 6.07 Å². The summed E-state index contributed by atoms with van der Waals surface area (Å²) in [6, 6.07) is 4.10. The maximum Gasteiger partial charge on any atom is 0.220 e. The molecule has 2 unspecified atom stereocenters. The molecule has 1 saturated heterocycles. The van der Waals surface area contributed by atoms with Gasteiger partial charge in [-0.3, -0.25) is 4.79 Å². The first kappa shape index (κ1) is 12.8. The van der Waals surface area contributed by atoms with E-state index in [1.54, 1.807) is 6.07 Å². The zero-order chi connectivity index (χ0) is 13.1. The predicted octanol–water partition coefficient (Wildman–Crippen LogP) is 1.46. The lowest BCUT2D eigenvalue weighted by Gasteiger charge is -2.27. The Balaban J connectivity index is 1.98. The molecule has 98 valence electrons. The second-order valence-corrected chi connectivity index (χ2v) is 4.63. The SMILES string of the molecule is CC(NC1CCC(=O)NC1)c1ccc(F)cc1O. The molecule has 3 N–H and O–H groups in total. The first-order chi connectivity index (χ1) is 8.56. The van der Waals surface area contributed by atoms with Crippen LogP contribution in [0, 0.1) is 5.82 Å². The van der Waals surface area contributed by atoms with Crippen molar-refractivity contribution in [3.63, 3.8) is 0 Å². The lowest BCUT2D eigenvalue weighted by Crippen LogP contribution is -2.46. The maximum absolute atomic E-state index is 12.9. The van der Waals surface area contributed by atoms with Crippen molar-refractivity contribution in [3.8, 4) is 5.75 Å². The summed E-state index contributed by atoms with van der Waals surface area (Å²) in [5, 5.41) is 15.8. The van der Waals surface area contributed by atoms with Gasteiger partial charge in [-0.05, 0) is 19.4 Å². The Morgan fingerprint density at radius 3 is 2.94 bits per heavy atom. The van der Waals surface area contributed by atoms with Crippen molar-refractivity contribution in [2.45, 2.75) is 31.8 Å². The first-order valence-electron chi connectivity index (χ1n) is 6.07. The van der Waals surface area contributed by atoms with Crippen LogP contribution in [0.2, 0.25) is 0 Å². The molecule has 0 saturated carbocycles. The van der Waals surface area contributed by atoms with Gasteiger partial charge < -0.3 is 15.7 Å². The number of amides is 1. The number of benzene rings is 1. The van der Waals surface area contributed by atoms with Crippen LogP contribution in [0.5, 0.6) is 5.75 Å². The Morgan fingerprint density at radius 2 is 2.33 bits per heavy atom. The molecule has 18 heavy (non-hydrogen) atoms. The summed E-state index contributed by atoms with van der Waals surface area (Å²) >= 11 is 0. The second kappa shape index (κ2) is 5.35. The van der Waals surface area contributed by atoms with Crippen molar-refractivity contribution in [2.75, 3.05) is 6.54 Å². The highest BCUT2D eigenvalue weighted by Gasteiger charge is 2.20. The van der Waals surface area contributed by atoms with Gasteiger partial charge >= 0.3 is 0 Å². The number of hydrogen-bond acceptors (Lipinski definition) is 3. The summed E-state index contributed by atoms with van der Waals surface area (Å²) < 4.78 is 12.9. The molecule has 1 fully saturated rings. The largest absolute Gasteiger partial charge is 0.508 e. The number of hydrogen-bond donors (Lipinski definition) is 3. The molecule has 1 heterocycles. The standard InChI is InChI=1S/C13H17FN2O2/c1-8(11-4-2-9(14)6-12(11)17)16-10-3-5-13(18)15-7-10/h2,4,6,8,10,16-17H,3,5,7H2,1H3,(H,15,18). The van der Waals surface area contributed by atoms with Crippen LogP contribution in [0.4, 0.5) is 4.39 Å². The van der Waals surface area contributed by atoms with Crippen LogP contribution >= 0.6 is 0 Å². The van der Waals surface area contributed by atoms with Gasteiger partial charge in [0.05, 0.1) is 0 Å². The number of aromatic hydroxyl groups is 1. The third-order valence-corrected chi connectivity index (χ3v) is 3.21. The van der Waals surface area contributed by atoms with E-state index < -0.39 is 5.82 Å².